The van der Waals surface area contributed by atoms with Gasteiger partial charge >= 0.3 is 0 Å². The largest absolute Gasteiger partial charge is 0.309 e. The second-order valence-electron chi connectivity index (χ2n) is 7.12. The van der Waals surface area contributed by atoms with Crippen LogP contribution in [0.15, 0.2) is 18.2 Å². The van der Waals surface area contributed by atoms with Crippen molar-refractivity contribution in [1.29, 1.82) is 0 Å². The molecule has 1 heterocycles. The molecule has 1 aliphatic rings. The Labute approximate surface area is 134 Å². The molecule has 0 saturated carbocycles. The maximum atomic E-state index is 6.46. The van der Waals surface area contributed by atoms with Crippen molar-refractivity contribution in [3.8, 4) is 0 Å². The van der Waals surface area contributed by atoms with Crippen molar-refractivity contribution in [3.05, 3.63) is 34.3 Å². The van der Waals surface area contributed by atoms with Crippen LogP contribution in [0.1, 0.15) is 51.7 Å². The summed E-state index contributed by atoms with van der Waals surface area (Å²) in [5.41, 5.74) is 2.86. The normalized spacial score (nSPS) is 21.4. The Morgan fingerprint density at radius 2 is 1.90 bits per heavy atom. The molecule has 1 aromatic carbocycles. The highest BCUT2D eigenvalue weighted by atomic mass is 35.5. The number of piperazine rings is 1. The highest BCUT2D eigenvalue weighted by molar-refractivity contribution is 6.31. The average molecular weight is 309 g/mol. The molecule has 3 heteroatoms. The molecule has 0 spiro atoms. The minimum Gasteiger partial charge on any atom is -0.309 e. The van der Waals surface area contributed by atoms with Crippen LogP contribution >= 0.6 is 11.6 Å². The van der Waals surface area contributed by atoms with Gasteiger partial charge in [0, 0.05) is 35.7 Å². The van der Waals surface area contributed by atoms with Gasteiger partial charge in [0.25, 0.3) is 0 Å². The fourth-order valence-corrected chi connectivity index (χ4v) is 3.67. The third-order valence-electron chi connectivity index (χ3n) is 5.04. The minimum atomic E-state index is 0.158. The van der Waals surface area contributed by atoms with Crippen molar-refractivity contribution >= 4 is 11.6 Å². The topological polar surface area (TPSA) is 15.3 Å². The summed E-state index contributed by atoms with van der Waals surface area (Å²) in [6.45, 7) is 14.3. The molecular formula is C18H29ClN2. The van der Waals surface area contributed by atoms with Gasteiger partial charge in [0.2, 0.25) is 0 Å². The third kappa shape index (κ3) is 3.61. The van der Waals surface area contributed by atoms with E-state index in [1.165, 1.54) is 11.1 Å². The molecule has 0 aromatic heterocycles. The Balaban J connectivity index is 2.27. The summed E-state index contributed by atoms with van der Waals surface area (Å²) in [4.78, 5) is 2.64. The monoisotopic (exact) mass is 308 g/mol. The molecule has 1 fully saturated rings. The maximum Gasteiger partial charge on any atom is 0.0453 e. The summed E-state index contributed by atoms with van der Waals surface area (Å²) in [5, 5.41) is 4.61. The van der Waals surface area contributed by atoms with Gasteiger partial charge in [0.1, 0.15) is 0 Å². The number of nitrogens with zero attached hydrogens (tertiary/aromatic N) is 1. The Hall–Kier alpha value is -0.570. The predicted octanol–water partition coefficient (Wildman–Crippen LogP) is 4.39. The highest BCUT2D eigenvalue weighted by Crippen LogP contribution is 2.32. The molecule has 1 aromatic rings. The maximum absolute atomic E-state index is 6.46. The summed E-state index contributed by atoms with van der Waals surface area (Å²) in [5.74, 6) is 0. The molecule has 0 aliphatic carbocycles. The second-order valence-corrected chi connectivity index (χ2v) is 7.53. The van der Waals surface area contributed by atoms with Crippen LogP contribution in [0.2, 0.25) is 5.02 Å². The van der Waals surface area contributed by atoms with Crippen molar-refractivity contribution < 1.29 is 0 Å². The van der Waals surface area contributed by atoms with Gasteiger partial charge in [-0.3, -0.25) is 4.90 Å². The second kappa shape index (κ2) is 6.28. The molecule has 2 nitrogen and oxygen atoms in total. The zero-order valence-corrected chi connectivity index (χ0v) is 14.8. The number of aryl methyl sites for hydroxylation is 1. The number of halogens is 1. The Bertz CT molecular complexity index is 492. The lowest BCUT2D eigenvalue weighted by Crippen LogP contribution is -2.67. The molecule has 1 N–H and O–H groups in total. The van der Waals surface area contributed by atoms with Crippen LogP contribution < -0.4 is 5.32 Å². The lowest BCUT2D eigenvalue weighted by atomic mass is 9.84. The van der Waals surface area contributed by atoms with E-state index in [0.717, 1.165) is 37.5 Å². The standard InChI is InChI=1S/C18H29ClN2/c1-6-18(7-2)12-20-17(4,5)13-21(18)11-15-9-8-14(3)10-16(15)19/h8-10,20H,6-7,11-13H2,1-5H3. The summed E-state index contributed by atoms with van der Waals surface area (Å²) in [6, 6.07) is 6.42. The zero-order chi connectivity index (χ0) is 15.7. The van der Waals surface area contributed by atoms with E-state index in [2.05, 4.69) is 63.0 Å². The first-order chi connectivity index (χ1) is 9.82. The fraction of sp³-hybridized carbons (Fsp3) is 0.667. The van der Waals surface area contributed by atoms with Crippen LogP contribution in [-0.4, -0.2) is 29.1 Å². The summed E-state index contributed by atoms with van der Waals surface area (Å²) >= 11 is 6.46. The smallest absolute Gasteiger partial charge is 0.0453 e. The van der Waals surface area contributed by atoms with E-state index in [9.17, 15) is 0 Å². The Morgan fingerprint density at radius 1 is 1.24 bits per heavy atom. The molecule has 1 saturated heterocycles. The van der Waals surface area contributed by atoms with Crippen molar-refractivity contribution in [2.24, 2.45) is 0 Å². The van der Waals surface area contributed by atoms with Gasteiger partial charge < -0.3 is 5.32 Å². The van der Waals surface area contributed by atoms with Crippen LogP contribution in [0.3, 0.4) is 0 Å². The van der Waals surface area contributed by atoms with Crippen molar-refractivity contribution in [2.45, 2.75) is 65.1 Å². The first kappa shape index (κ1) is 16.8. The van der Waals surface area contributed by atoms with E-state index in [1.54, 1.807) is 0 Å². The SMILES string of the molecule is CCC1(CC)CNC(C)(C)CN1Cc1ccc(C)cc1Cl. The van der Waals surface area contributed by atoms with Gasteiger partial charge in [-0.25, -0.2) is 0 Å². The lowest BCUT2D eigenvalue weighted by molar-refractivity contribution is 0.00235. The molecule has 1 aliphatic heterocycles. The van der Waals surface area contributed by atoms with E-state index >= 15 is 0 Å². The summed E-state index contributed by atoms with van der Waals surface area (Å²) < 4.78 is 0. The van der Waals surface area contributed by atoms with Crippen LogP contribution in [-0.2, 0) is 6.54 Å². The van der Waals surface area contributed by atoms with Gasteiger partial charge in [-0.05, 0) is 50.8 Å². The van der Waals surface area contributed by atoms with Crippen molar-refractivity contribution in [1.82, 2.24) is 10.2 Å². The zero-order valence-electron chi connectivity index (χ0n) is 14.1. The minimum absolute atomic E-state index is 0.158. The van der Waals surface area contributed by atoms with E-state index in [1.807, 2.05) is 0 Å². The Morgan fingerprint density at radius 3 is 2.48 bits per heavy atom. The number of benzene rings is 1. The van der Waals surface area contributed by atoms with Crippen molar-refractivity contribution in [3.63, 3.8) is 0 Å². The van der Waals surface area contributed by atoms with Gasteiger partial charge in [0.05, 0.1) is 0 Å². The highest BCUT2D eigenvalue weighted by Gasteiger charge is 2.41. The predicted molar refractivity (Wildman–Crippen MR) is 92.0 cm³/mol. The Kier molecular flexibility index (Phi) is 5.02. The molecular weight excluding hydrogens is 280 g/mol. The van der Waals surface area contributed by atoms with Crippen LogP contribution in [0, 0.1) is 6.92 Å². The molecule has 0 unspecified atom stereocenters. The van der Waals surface area contributed by atoms with Crippen LogP contribution in [0.4, 0.5) is 0 Å². The summed E-state index contributed by atoms with van der Waals surface area (Å²) in [6.07, 6.45) is 2.33. The quantitative estimate of drug-likeness (QED) is 0.887. The molecule has 2 rings (SSSR count). The van der Waals surface area contributed by atoms with Crippen LogP contribution in [0.25, 0.3) is 0 Å². The van der Waals surface area contributed by atoms with E-state index < -0.39 is 0 Å². The third-order valence-corrected chi connectivity index (χ3v) is 5.39. The van der Waals surface area contributed by atoms with E-state index in [0.29, 0.717) is 0 Å². The van der Waals surface area contributed by atoms with E-state index in [-0.39, 0.29) is 11.1 Å². The first-order valence-electron chi connectivity index (χ1n) is 8.07. The summed E-state index contributed by atoms with van der Waals surface area (Å²) in [7, 11) is 0. The van der Waals surface area contributed by atoms with Crippen molar-refractivity contribution in [2.75, 3.05) is 13.1 Å². The molecule has 0 amide bonds. The number of hydrogen-bond donors (Lipinski definition) is 1. The van der Waals surface area contributed by atoms with Crippen LogP contribution in [0.5, 0.6) is 0 Å². The van der Waals surface area contributed by atoms with E-state index in [4.69, 9.17) is 11.6 Å². The number of hydrogen-bond acceptors (Lipinski definition) is 2. The number of nitrogens with one attached hydrogen (secondary N) is 1. The molecule has 21 heavy (non-hydrogen) atoms. The molecule has 0 radical (unpaired) electrons. The molecule has 118 valence electrons. The number of rotatable bonds is 4. The average Bonchev–Trinajstić information content (AvgIpc) is 2.42. The lowest BCUT2D eigenvalue weighted by Gasteiger charge is -2.52. The molecule has 0 bridgehead atoms. The first-order valence-corrected chi connectivity index (χ1v) is 8.45. The molecule has 0 atom stereocenters. The fourth-order valence-electron chi connectivity index (χ4n) is 3.37. The van der Waals surface area contributed by atoms with Gasteiger partial charge in [-0.15, -0.1) is 0 Å². The van der Waals surface area contributed by atoms with Gasteiger partial charge in [0.15, 0.2) is 0 Å². The van der Waals surface area contributed by atoms with Gasteiger partial charge in [-0.1, -0.05) is 37.6 Å². The van der Waals surface area contributed by atoms with Gasteiger partial charge in [-0.2, -0.15) is 0 Å².